The first-order valence-electron chi connectivity index (χ1n) is 8.88. The van der Waals surface area contributed by atoms with E-state index in [1.807, 2.05) is 43.3 Å². The third-order valence-electron chi connectivity index (χ3n) is 3.69. The summed E-state index contributed by atoms with van der Waals surface area (Å²) in [5, 5.41) is 15.3. The Morgan fingerprint density at radius 1 is 0.962 bits per heavy atom. The van der Waals surface area contributed by atoms with Crippen molar-refractivity contribution in [1.29, 1.82) is 0 Å². The monoisotopic (exact) mass is 422 g/mol. The number of hydrogen-bond acceptors (Lipinski definition) is 5. The van der Waals surface area contributed by atoms with E-state index in [0.29, 0.717) is 19.8 Å². The maximum Gasteiger partial charge on any atom is 0.175 e. The minimum Gasteiger partial charge on any atom is -0.490 e. The zero-order valence-corrected chi connectivity index (χ0v) is 16.7. The molecule has 0 aliphatic carbocycles. The molecule has 2 rings (SSSR count). The molecule has 0 fully saturated rings. The summed E-state index contributed by atoms with van der Waals surface area (Å²) < 4.78 is 12.7. The number of aliphatic hydroxyl groups excluding tert-OH is 1. The number of hydrogen-bond donors (Lipinski definition) is 3. The van der Waals surface area contributed by atoms with Crippen molar-refractivity contribution in [1.82, 2.24) is 10.6 Å². The smallest absolute Gasteiger partial charge is 0.175 e. The topological polar surface area (TPSA) is 62.8 Å². The van der Waals surface area contributed by atoms with Gasteiger partial charge in [0.2, 0.25) is 0 Å². The fourth-order valence-electron chi connectivity index (χ4n) is 2.47. The molecule has 26 heavy (non-hydrogen) atoms. The quantitative estimate of drug-likeness (QED) is 0.458. The van der Waals surface area contributed by atoms with Crippen LogP contribution in [0.3, 0.4) is 0 Å². The lowest BCUT2D eigenvalue weighted by molar-refractivity contribution is 0.267. The first-order chi connectivity index (χ1) is 12.7. The Hall–Kier alpha value is -1.60. The minimum atomic E-state index is 0.162. The molecule has 0 unspecified atom stereocenters. The molecular weight excluding hydrogens is 396 g/mol. The van der Waals surface area contributed by atoms with E-state index >= 15 is 0 Å². The second kappa shape index (κ2) is 11.9. The molecular formula is C20H27BrN2O3. The number of aliphatic hydroxyl groups is 1. The highest BCUT2D eigenvalue weighted by atomic mass is 79.9. The van der Waals surface area contributed by atoms with Gasteiger partial charge in [0.1, 0.15) is 6.61 Å². The van der Waals surface area contributed by atoms with Crippen LogP contribution in [0.2, 0.25) is 0 Å². The van der Waals surface area contributed by atoms with Crippen molar-refractivity contribution in [2.24, 2.45) is 0 Å². The average molecular weight is 423 g/mol. The summed E-state index contributed by atoms with van der Waals surface area (Å²) in [6.45, 7) is 6.20. The molecule has 0 aromatic heterocycles. The molecule has 0 aliphatic rings. The number of rotatable bonds is 12. The largest absolute Gasteiger partial charge is 0.490 e. The fraction of sp³-hybridized carbons (Fsp3) is 0.400. The van der Waals surface area contributed by atoms with Gasteiger partial charge in [0.25, 0.3) is 0 Å². The standard InChI is InChI=1S/C20H27BrN2O3/c1-2-25-19-13-17(14-23-9-8-22-10-11-24)12-18(21)20(19)26-15-16-6-4-3-5-7-16/h3-7,12-13,22-24H,2,8-11,14-15H2,1H3. The summed E-state index contributed by atoms with van der Waals surface area (Å²) in [7, 11) is 0. The van der Waals surface area contributed by atoms with Crippen molar-refractivity contribution in [3.8, 4) is 11.5 Å². The Kier molecular flexibility index (Phi) is 9.48. The van der Waals surface area contributed by atoms with Crippen LogP contribution in [0.4, 0.5) is 0 Å². The highest BCUT2D eigenvalue weighted by molar-refractivity contribution is 9.10. The number of ether oxygens (including phenoxy) is 2. The van der Waals surface area contributed by atoms with Crippen LogP contribution < -0.4 is 20.1 Å². The molecule has 2 aromatic carbocycles. The zero-order chi connectivity index (χ0) is 18.6. The van der Waals surface area contributed by atoms with E-state index in [2.05, 4.69) is 32.6 Å². The molecule has 142 valence electrons. The van der Waals surface area contributed by atoms with Gasteiger partial charge in [-0.1, -0.05) is 30.3 Å². The lowest BCUT2D eigenvalue weighted by Crippen LogP contribution is -2.28. The molecule has 0 aliphatic heterocycles. The molecule has 0 atom stereocenters. The highest BCUT2D eigenvalue weighted by Gasteiger charge is 2.12. The Morgan fingerprint density at radius 2 is 1.73 bits per heavy atom. The molecule has 0 spiro atoms. The van der Waals surface area contributed by atoms with Crippen LogP contribution in [0.1, 0.15) is 18.1 Å². The predicted octanol–water partition coefficient (Wildman–Crippen LogP) is 3.10. The summed E-state index contributed by atoms with van der Waals surface area (Å²) in [5.74, 6) is 1.47. The summed E-state index contributed by atoms with van der Waals surface area (Å²) in [4.78, 5) is 0. The summed E-state index contributed by atoms with van der Waals surface area (Å²) in [5.41, 5.74) is 2.23. The van der Waals surface area contributed by atoms with Gasteiger partial charge in [0, 0.05) is 26.2 Å². The Labute approximate surface area is 163 Å². The summed E-state index contributed by atoms with van der Waals surface area (Å²) in [6.07, 6.45) is 0. The van der Waals surface area contributed by atoms with Gasteiger partial charge in [-0.25, -0.2) is 0 Å². The van der Waals surface area contributed by atoms with Crippen LogP contribution >= 0.6 is 15.9 Å². The minimum absolute atomic E-state index is 0.162. The Bertz CT molecular complexity index is 653. The van der Waals surface area contributed by atoms with Crippen molar-refractivity contribution in [2.45, 2.75) is 20.1 Å². The molecule has 0 heterocycles. The molecule has 0 saturated carbocycles. The Balaban J connectivity index is 1.97. The van der Waals surface area contributed by atoms with Crippen LogP contribution in [0.15, 0.2) is 46.9 Å². The molecule has 5 nitrogen and oxygen atoms in total. The zero-order valence-electron chi connectivity index (χ0n) is 15.1. The summed E-state index contributed by atoms with van der Waals surface area (Å²) >= 11 is 3.61. The third kappa shape index (κ3) is 6.96. The molecule has 0 saturated heterocycles. The van der Waals surface area contributed by atoms with Crippen LogP contribution in [-0.4, -0.2) is 38.0 Å². The van der Waals surface area contributed by atoms with E-state index in [1.54, 1.807) is 0 Å². The number of benzene rings is 2. The van der Waals surface area contributed by atoms with Gasteiger partial charge in [0.15, 0.2) is 11.5 Å². The second-order valence-electron chi connectivity index (χ2n) is 5.76. The normalized spacial score (nSPS) is 10.7. The van der Waals surface area contributed by atoms with E-state index < -0.39 is 0 Å². The maximum absolute atomic E-state index is 8.74. The van der Waals surface area contributed by atoms with E-state index in [4.69, 9.17) is 14.6 Å². The Morgan fingerprint density at radius 3 is 2.46 bits per heavy atom. The lowest BCUT2D eigenvalue weighted by Gasteiger charge is -2.16. The van der Waals surface area contributed by atoms with E-state index in [-0.39, 0.29) is 6.61 Å². The second-order valence-corrected chi connectivity index (χ2v) is 6.62. The predicted molar refractivity (Wildman–Crippen MR) is 108 cm³/mol. The van der Waals surface area contributed by atoms with E-state index in [0.717, 1.165) is 46.7 Å². The first-order valence-corrected chi connectivity index (χ1v) is 9.68. The van der Waals surface area contributed by atoms with Crippen molar-refractivity contribution >= 4 is 15.9 Å². The third-order valence-corrected chi connectivity index (χ3v) is 4.28. The molecule has 0 radical (unpaired) electrons. The first kappa shape index (κ1) is 20.7. The van der Waals surface area contributed by atoms with E-state index in [1.165, 1.54) is 0 Å². The highest BCUT2D eigenvalue weighted by Crippen LogP contribution is 2.37. The van der Waals surface area contributed by atoms with Crippen LogP contribution in [0.25, 0.3) is 0 Å². The molecule has 6 heteroatoms. The lowest BCUT2D eigenvalue weighted by atomic mass is 10.2. The van der Waals surface area contributed by atoms with Crippen LogP contribution in [-0.2, 0) is 13.2 Å². The average Bonchev–Trinajstić information content (AvgIpc) is 2.65. The summed E-state index contributed by atoms with van der Waals surface area (Å²) in [6, 6.07) is 14.1. The van der Waals surface area contributed by atoms with Gasteiger partial charge in [-0.15, -0.1) is 0 Å². The van der Waals surface area contributed by atoms with Gasteiger partial charge < -0.3 is 25.2 Å². The molecule has 0 bridgehead atoms. The van der Waals surface area contributed by atoms with Crippen LogP contribution in [0.5, 0.6) is 11.5 Å². The number of nitrogens with one attached hydrogen (secondary N) is 2. The van der Waals surface area contributed by atoms with Gasteiger partial charge in [-0.05, 0) is 46.1 Å². The van der Waals surface area contributed by atoms with Gasteiger partial charge in [-0.2, -0.15) is 0 Å². The molecule has 2 aromatic rings. The SMILES string of the molecule is CCOc1cc(CNCCNCCO)cc(Br)c1OCc1ccccc1. The van der Waals surface area contributed by atoms with Crippen molar-refractivity contribution in [3.05, 3.63) is 58.1 Å². The van der Waals surface area contributed by atoms with Crippen molar-refractivity contribution in [2.75, 3.05) is 32.8 Å². The van der Waals surface area contributed by atoms with E-state index in [9.17, 15) is 0 Å². The fourth-order valence-corrected chi connectivity index (χ4v) is 3.07. The maximum atomic E-state index is 8.74. The van der Waals surface area contributed by atoms with Gasteiger partial charge in [-0.3, -0.25) is 0 Å². The van der Waals surface area contributed by atoms with Crippen molar-refractivity contribution in [3.63, 3.8) is 0 Å². The number of halogens is 1. The van der Waals surface area contributed by atoms with Gasteiger partial charge in [0.05, 0.1) is 17.7 Å². The van der Waals surface area contributed by atoms with Crippen LogP contribution in [0, 0.1) is 0 Å². The molecule has 0 amide bonds. The molecule has 3 N–H and O–H groups in total. The van der Waals surface area contributed by atoms with Gasteiger partial charge >= 0.3 is 0 Å². The van der Waals surface area contributed by atoms with Crippen molar-refractivity contribution < 1.29 is 14.6 Å².